The lowest BCUT2D eigenvalue weighted by Crippen LogP contribution is -2.24. The van der Waals surface area contributed by atoms with Gasteiger partial charge in [0.15, 0.2) is 0 Å². The van der Waals surface area contributed by atoms with Crippen molar-refractivity contribution < 1.29 is 17.6 Å². The molecule has 2 rings (SSSR count). The van der Waals surface area contributed by atoms with E-state index >= 15 is 0 Å². The van der Waals surface area contributed by atoms with Gasteiger partial charge in [-0.05, 0) is 57.4 Å². The van der Waals surface area contributed by atoms with E-state index in [1.165, 1.54) is 12.3 Å². The molecule has 0 aliphatic rings. The summed E-state index contributed by atoms with van der Waals surface area (Å²) in [7, 11) is 5.86. The molecule has 0 fully saturated rings. The predicted octanol–water partition coefficient (Wildman–Crippen LogP) is 4.35. The lowest BCUT2D eigenvalue weighted by atomic mass is 10.0. The molecule has 6 heteroatoms. The Morgan fingerprint density at radius 1 is 1.04 bits per heavy atom. The van der Waals surface area contributed by atoms with Crippen molar-refractivity contribution in [2.45, 2.75) is 12.6 Å². The summed E-state index contributed by atoms with van der Waals surface area (Å²) in [5, 5.41) is 0. The molecule has 23 heavy (non-hydrogen) atoms. The molecular weight excluding hydrogens is 305 g/mol. The number of rotatable bonds is 6. The summed E-state index contributed by atoms with van der Waals surface area (Å²) in [4.78, 5) is 4.04. The normalized spacial score (nSPS) is 12.0. The minimum atomic E-state index is -4.37. The first kappa shape index (κ1) is 17.4. The molecule has 1 aromatic carbocycles. The van der Waals surface area contributed by atoms with Gasteiger partial charge in [0.1, 0.15) is 5.76 Å². The monoisotopic (exact) mass is 326 g/mol. The largest absolute Gasteiger partial charge is 0.464 e. The lowest BCUT2D eigenvalue weighted by Gasteiger charge is -2.23. The van der Waals surface area contributed by atoms with Crippen LogP contribution in [0, 0.1) is 0 Å². The highest BCUT2D eigenvalue weighted by molar-refractivity contribution is 5.76. The summed E-state index contributed by atoms with van der Waals surface area (Å²) < 4.78 is 44.3. The lowest BCUT2D eigenvalue weighted by molar-refractivity contribution is -0.137. The summed E-state index contributed by atoms with van der Waals surface area (Å²) in [5.41, 5.74) is 0.512. The maximum absolute atomic E-state index is 13.0. The van der Waals surface area contributed by atoms with Crippen molar-refractivity contribution in [3.05, 3.63) is 42.2 Å². The molecule has 0 spiro atoms. The van der Waals surface area contributed by atoms with Gasteiger partial charge >= 0.3 is 6.18 Å². The predicted molar refractivity (Wildman–Crippen MR) is 85.6 cm³/mol. The second kappa shape index (κ2) is 7.08. The second-order valence-corrected chi connectivity index (χ2v) is 5.79. The quantitative estimate of drug-likeness (QED) is 0.787. The molecule has 1 aromatic heterocycles. The summed E-state index contributed by atoms with van der Waals surface area (Å²) in [6.07, 6.45) is -1.99. The smallest absolute Gasteiger partial charge is 0.416 e. The van der Waals surface area contributed by atoms with Crippen molar-refractivity contribution in [2.24, 2.45) is 0 Å². The van der Waals surface area contributed by atoms with Gasteiger partial charge in [-0.25, -0.2) is 0 Å². The summed E-state index contributed by atoms with van der Waals surface area (Å²) in [6.45, 7) is 1.66. The highest BCUT2D eigenvalue weighted by Gasteiger charge is 2.31. The van der Waals surface area contributed by atoms with Crippen LogP contribution in [-0.4, -0.2) is 39.1 Å². The molecule has 0 saturated carbocycles. The third-order valence-electron chi connectivity index (χ3n) is 3.62. The maximum atomic E-state index is 13.0. The fraction of sp³-hybridized carbons (Fsp3) is 0.412. The van der Waals surface area contributed by atoms with Crippen LogP contribution >= 0.6 is 0 Å². The summed E-state index contributed by atoms with van der Waals surface area (Å²) >= 11 is 0. The van der Waals surface area contributed by atoms with E-state index in [2.05, 4.69) is 4.90 Å². The van der Waals surface area contributed by atoms with E-state index in [0.717, 1.165) is 37.3 Å². The van der Waals surface area contributed by atoms with Crippen molar-refractivity contribution in [3.8, 4) is 11.3 Å². The Kier molecular flexibility index (Phi) is 5.36. The maximum Gasteiger partial charge on any atom is 0.416 e. The van der Waals surface area contributed by atoms with Crippen LogP contribution in [0.5, 0.6) is 0 Å². The van der Waals surface area contributed by atoms with Crippen LogP contribution < -0.4 is 4.90 Å². The zero-order valence-electron chi connectivity index (χ0n) is 13.5. The van der Waals surface area contributed by atoms with Crippen molar-refractivity contribution in [1.82, 2.24) is 4.90 Å². The van der Waals surface area contributed by atoms with Gasteiger partial charge in [-0.15, -0.1) is 0 Å². The van der Waals surface area contributed by atoms with E-state index in [1.54, 1.807) is 12.1 Å². The number of hydrogen-bond donors (Lipinski definition) is 0. The van der Waals surface area contributed by atoms with Crippen molar-refractivity contribution in [1.29, 1.82) is 0 Å². The van der Waals surface area contributed by atoms with E-state index < -0.39 is 11.7 Å². The SMILES string of the molecule is CN(C)CCCN(C)c1ccc(C(F)(F)F)cc1-c1ccco1. The van der Waals surface area contributed by atoms with Crippen molar-refractivity contribution in [2.75, 3.05) is 39.1 Å². The molecule has 0 aliphatic carbocycles. The van der Waals surface area contributed by atoms with Gasteiger partial charge in [0.2, 0.25) is 0 Å². The Hall–Kier alpha value is -1.95. The average molecular weight is 326 g/mol. The fourth-order valence-electron chi connectivity index (χ4n) is 2.42. The van der Waals surface area contributed by atoms with Gasteiger partial charge in [-0.2, -0.15) is 13.2 Å². The number of hydrogen-bond acceptors (Lipinski definition) is 3. The average Bonchev–Trinajstić information content (AvgIpc) is 2.99. The van der Waals surface area contributed by atoms with E-state index in [0.29, 0.717) is 11.3 Å². The second-order valence-electron chi connectivity index (χ2n) is 5.79. The molecule has 0 atom stereocenters. The van der Waals surface area contributed by atoms with Crippen LogP contribution in [0.25, 0.3) is 11.3 Å². The van der Waals surface area contributed by atoms with Gasteiger partial charge in [-0.1, -0.05) is 0 Å². The van der Waals surface area contributed by atoms with Crippen LogP contribution in [0.4, 0.5) is 18.9 Å². The number of benzene rings is 1. The van der Waals surface area contributed by atoms with Gasteiger partial charge in [0.25, 0.3) is 0 Å². The van der Waals surface area contributed by atoms with Gasteiger partial charge in [0.05, 0.1) is 11.8 Å². The molecule has 0 N–H and O–H groups in total. The first-order valence-corrected chi connectivity index (χ1v) is 7.40. The van der Waals surface area contributed by atoms with Crippen LogP contribution in [-0.2, 0) is 6.18 Å². The van der Waals surface area contributed by atoms with Gasteiger partial charge in [-0.3, -0.25) is 0 Å². The highest BCUT2D eigenvalue weighted by Crippen LogP contribution is 2.37. The van der Waals surface area contributed by atoms with E-state index in [-0.39, 0.29) is 0 Å². The molecule has 2 aromatic rings. The Morgan fingerprint density at radius 3 is 2.35 bits per heavy atom. The molecule has 0 bridgehead atoms. The molecule has 0 aliphatic heterocycles. The van der Waals surface area contributed by atoms with E-state index in [1.807, 2.05) is 26.0 Å². The first-order chi connectivity index (χ1) is 10.8. The third-order valence-corrected chi connectivity index (χ3v) is 3.62. The van der Waals surface area contributed by atoms with Crippen LogP contribution in [0.2, 0.25) is 0 Å². The highest BCUT2D eigenvalue weighted by atomic mass is 19.4. The summed E-state index contributed by atoms with van der Waals surface area (Å²) in [5.74, 6) is 0.436. The van der Waals surface area contributed by atoms with Gasteiger partial charge < -0.3 is 14.2 Å². The standard InChI is InChI=1S/C17H21F3N2O/c1-21(2)9-5-10-22(3)15-8-7-13(17(18,19)20)12-14(15)16-6-4-11-23-16/h4,6-8,11-12H,5,9-10H2,1-3H3. The Balaban J connectivity index is 2.31. The minimum absolute atomic E-state index is 0.436. The Labute approximate surface area is 134 Å². The topological polar surface area (TPSA) is 19.6 Å². The zero-order valence-corrected chi connectivity index (χ0v) is 13.5. The third kappa shape index (κ3) is 4.51. The summed E-state index contributed by atoms with van der Waals surface area (Å²) in [6, 6.07) is 7.12. The Morgan fingerprint density at radius 2 is 1.78 bits per heavy atom. The molecule has 126 valence electrons. The van der Waals surface area contributed by atoms with Crippen LogP contribution in [0.1, 0.15) is 12.0 Å². The molecule has 0 unspecified atom stereocenters. The fourth-order valence-corrected chi connectivity index (χ4v) is 2.42. The molecule has 0 amide bonds. The number of alkyl halides is 3. The van der Waals surface area contributed by atoms with Gasteiger partial charge in [0, 0.05) is 24.8 Å². The molecular formula is C17H21F3N2O. The van der Waals surface area contributed by atoms with E-state index in [4.69, 9.17) is 4.42 Å². The number of anilines is 1. The Bertz CT molecular complexity index is 621. The number of nitrogens with zero attached hydrogens (tertiary/aromatic N) is 2. The minimum Gasteiger partial charge on any atom is -0.464 e. The molecule has 3 nitrogen and oxygen atoms in total. The molecule has 0 saturated heterocycles. The number of furan rings is 1. The van der Waals surface area contributed by atoms with Crippen LogP contribution in [0.15, 0.2) is 41.0 Å². The van der Waals surface area contributed by atoms with Crippen molar-refractivity contribution >= 4 is 5.69 Å². The van der Waals surface area contributed by atoms with Crippen molar-refractivity contribution in [3.63, 3.8) is 0 Å². The molecule has 0 radical (unpaired) electrons. The van der Waals surface area contributed by atoms with E-state index in [9.17, 15) is 13.2 Å². The van der Waals surface area contributed by atoms with Crippen LogP contribution in [0.3, 0.4) is 0 Å². The zero-order chi connectivity index (χ0) is 17.0. The number of halogens is 3. The molecule has 1 heterocycles. The first-order valence-electron chi connectivity index (χ1n) is 7.40.